The van der Waals surface area contributed by atoms with E-state index < -0.39 is 0 Å². The fourth-order valence-corrected chi connectivity index (χ4v) is 2.74. The van der Waals surface area contributed by atoms with Gasteiger partial charge in [-0.15, -0.1) is 0 Å². The van der Waals surface area contributed by atoms with Gasteiger partial charge < -0.3 is 10.0 Å². The predicted octanol–water partition coefficient (Wildman–Crippen LogP) is 2.22. The van der Waals surface area contributed by atoms with Crippen LogP contribution in [0.3, 0.4) is 0 Å². The number of pyridine rings is 1. The summed E-state index contributed by atoms with van der Waals surface area (Å²) in [7, 11) is 0. The lowest BCUT2D eigenvalue weighted by atomic mass is 10.1. The lowest BCUT2D eigenvalue weighted by Gasteiger charge is -2.28. The number of carbonyl (C=O) groups excluding carboxylic acids is 1. The molecule has 1 unspecified atom stereocenters. The van der Waals surface area contributed by atoms with E-state index in [1.807, 2.05) is 6.07 Å². The van der Waals surface area contributed by atoms with Crippen molar-refractivity contribution in [2.75, 3.05) is 13.2 Å². The first kappa shape index (κ1) is 13.5. The van der Waals surface area contributed by atoms with E-state index in [1.54, 1.807) is 17.2 Å². The normalized spacial score (nSPS) is 20.6. The van der Waals surface area contributed by atoms with Crippen LogP contribution in [-0.4, -0.2) is 40.1 Å². The van der Waals surface area contributed by atoms with Crippen molar-refractivity contribution >= 4 is 21.8 Å². The van der Waals surface area contributed by atoms with Crippen molar-refractivity contribution in [3.8, 4) is 0 Å². The summed E-state index contributed by atoms with van der Waals surface area (Å²) >= 11 is 3.35. The summed E-state index contributed by atoms with van der Waals surface area (Å²) < 4.78 is 0.705. The molecule has 18 heavy (non-hydrogen) atoms. The Bertz CT molecular complexity index is 425. The maximum absolute atomic E-state index is 12.5. The van der Waals surface area contributed by atoms with E-state index in [9.17, 15) is 9.90 Å². The smallest absolute Gasteiger partial charge is 0.273 e. The van der Waals surface area contributed by atoms with Gasteiger partial charge in [0.2, 0.25) is 0 Å². The molecule has 98 valence electrons. The number of aliphatic hydroxyl groups excluding tert-OH is 1. The molecule has 2 heterocycles. The molecule has 1 aliphatic heterocycles. The van der Waals surface area contributed by atoms with Crippen LogP contribution in [0.2, 0.25) is 0 Å². The molecule has 1 atom stereocenters. The quantitative estimate of drug-likeness (QED) is 0.911. The lowest BCUT2D eigenvalue weighted by Crippen LogP contribution is -2.42. The van der Waals surface area contributed by atoms with Crippen molar-refractivity contribution < 1.29 is 9.90 Å². The van der Waals surface area contributed by atoms with Gasteiger partial charge in [-0.3, -0.25) is 4.79 Å². The highest BCUT2D eigenvalue weighted by molar-refractivity contribution is 9.10. The van der Waals surface area contributed by atoms with Crippen LogP contribution in [0.1, 0.15) is 36.2 Å². The molecule has 0 radical (unpaired) electrons. The third-order valence-electron chi connectivity index (χ3n) is 3.31. The van der Waals surface area contributed by atoms with Gasteiger partial charge in [-0.05, 0) is 40.9 Å². The average molecular weight is 313 g/mol. The molecule has 1 fully saturated rings. The first-order chi connectivity index (χ1) is 8.74. The van der Waals surface area contributed by atoms with E-state index in [0.717, 1.165) is 25.7 Å². The van der Waals surface area contributed by atoms with Gasteiger partial charge in [-0.25, -0.2) is 4.98 Å². The molecule has 5 heteroatoms. The summed E-state index contributed by atoms with van der Waals surface area (Å²) in [5.74, 6) is -0.0941. The van der Waals surface area contributed by atoms with Gasteiger partial charge in [-0.1, -0.05) is 12.8 Å². The van der Waals surface area contributed by atoms with E-state index in [2.05, 4.69) is 20.9 Å². The zero-order valence-corrected chi connectivity index (χ0v) is 11.8. The second kappa shape index (κ2) is 6.29. The maximum atomic E-state index is 12.5. The number of aliphatic hydroxyl groups is 1. The molecule has 1 aromatic heterocycles. The Hall–Kier alpha value is -0.940. The van der Waals surface area contributed by atoms with Gasteiger partial charge in [-0.2, -0.15) is 0 Å². The van der Waals surface area contributed by atoms with E-state index in [0.29, 0.717) is 16.7 Å². The Labute approximate surface area is 115 Å². The fraction of sp³-hybridized carbons (Fsp3) is 0.538. The summed E-state index contributed by atoms with van der Waals surface area (Å²) in [5, 5.41) is 9.43. The van der Waals surface area contributed by atoms with Gasteiger partial charge in [0.15, 0.2) is 0 Å². The minimum absolute atomic E-state index is 0.0240. The van der Waals surface area contributed by atoms with Crippen LogP contribution in [0.4, 0.5) is 0 Å². The zero-order chi connectivity index (χ0) is 13.0. The molecule has 0 aliphatic carbocycles. The number of nitrogens with zero attached hydrogens (tertiary/aromatic N) is 2. The third-order valence-corrected chi connectivity index (χ3v) is 3.95. The first-order valence-electron chi connectivity index (χ1n) is 6.26. The molecule has 1 amide bonds. The Kier molecular flexibility index (Phi) is 4.72. The number of hydrogen-bond acceptors (Lipinski definition) is 3. The molecule has 0 saturated carbocycles. The minimum Gasteiger partial charge on any atom is -0.394 e. The second-order valence-corrected chi connectivity index (χ2v) is 5.37. The number of likely N-dealkylation sites (tertiary alicyclic amines) is 1. The highest BCUT2D eigenvalue weighted by Crippen LogP contribution is 2.21. The molecular formula is C13H17BrN2O2. The minimum atomic E-state index is -0.0941. The summed E-state index contributed by atoms with van der Waals surface area (Å²) in [6.07, 6.45) is 5.66. The van der Waals surface area contributed by atoms with Crippen molar-refractivity contribution in [1.29, 1.82) is 0 Å². The number of aromatic nitrogens is 1. The molecule has 0 bridgehead atoms. The van der Waals surface area contributed by atoms with E-state index in [-0.39, 0.29) is 18.6 Å². The molecule has 1 aliphatic rings. The van der Waals surface area contributed by atoms with Crippen LogP contribution in [0.25, 0.3) is 0 Å². The highest BCUT2D eigenvalue weighted by atomic mass is 79.9. The Balaban J connectivity index is 2.23. The largest absolute Gasteiger partial charge is 0.394 e. The molecule has 1 saturated heterocycles. The van der Waals surface area contributed by atoms with Gasteiger partial charge in [0.05, 0.1) is 12.6 Å². The molecular weight excluding hydrogens is 296 g/mol. The molecule has 2 rings (SSSR count). The lowest BCUT2D eigenvalue weighted by molar-refractivity contribution is 0.0593. The fourth-order valence-electron chi connectivity index (χ4n) is 2.31. The van der Waals surface area contributed by atoms with Crippen LogP contribution >= 0.6 is 15.9 Å². The number of rotatable bonds is 2. The predicted molar refractivity (Wildman–Crippen MR) is 72.3 cm³/mol. The topological polar surface area (TPSA) is 53.4 Å². The summed E-state index contributed by atoms with van der Waals surface area (Å²) in [6, 6.07) is 3.52. The van der Waals surface area contributed by atoms with Crippen LogP contribution in [0.5, 0.6) is 0 Å². The number of halogens is 1. The van der Waals surface area contributed by atoms with E-state index >= 15 is 0 Å². The second-order valence-electron chi connectivity index (χ2n) is 4.52. The molecule has 1 N–H and O–H groups in total. The van der Waals surface area contributed by atoms with Crippen molar-refractivity contribution in [2.45, 2.75) is 31.7 Å². The van der Waals surface area contributed by atoms with E-state index in [4.69, 9.17) is 0 Å². The average Bonchev–Trinajstić information content (AvgIpc) is 2.63. The van der Waals surface area contributed by atoms with Crippen LogP contribution < -0.4 is 0 Å². The Morgan fingerprint density at radius 2 is 2.33 bits per heavy atom. The standard InChI is InChI=1S/C13H17BrN2O2/c14-11-6-4-7-15-12(11)13(18)16-8-3-1-2-5-10(16)9-17/h4,6-7,10,17H,1-3,5,8-9H2. The number of hydrogen-bond donors (Lipinski definition) is 1. The Morgan fingerprint density at radius 3 is 3.06 bits per heavy atom. The Morgan fingerprint density at radius 1 is 1.50 bits per heavy atom. The molecule has 1 aromatic rings. The highest BCUT2D eigenvalue weighted by Gasteiger charge is 2.27. The van der Waals surface area contributed by atoms with Crippen molar-refractivity contribution in [2.24, 2.45) is 0 Å². The molecule has 0 spiro atoms. The van der Waals surface area contributed by atoms with Gasteiger partial charge in [0.25, 0.3) is 5.91 Å². The van der Waals surface area contributed by atoms with Gasteiger partial charge >= 0.3 is 0 Å². The van der Waals surface area contributed by atoms with Gasteiger partial charge in [0.1, 0.15) is 5.69 Å². The summed E-state index contributed by atoms with van der Waals surface area (Å²) in [5.41, 5.74) is 0.429. The SMILES string of the molecule is O=C(c1ncccc1Br)N1CCCCCC1CO. The number of amides is 1. The van der Waals surface area contributed by atoms with Crippen molar-refractivity contribution in [3.05, 3.63) is 28.5 Å². The summed E-state index contributed by atoms with van der Waals surface area (Å²) in [4.78, 5) is 18.4. The first-order valence-corrected chi connectivity index (χ1v) is 7.05. The van der Waals surface area contributed by atoms with Crippen molar-refractivity contribution in [1.82, 2.24) is 9.88 Å². The van der Waals surface area contributed by atoms with Gasteiger partial charge in [0, 0.05) is 17.2 Å². The maximum Gasteiger partial charge on any atom is 0.273 e. The molecule has 4 nitrogen and oxygen atoms in total. The third kappa shape index (κ3) is 2.90. The zero-order valence-electron chi connectivity index (χ0n) is 10.2. The van der Waals surface area contributed by atoms with Crippen molar-refractivity contribution in [3.63, 3.8) is 0 Å². The van der Waals surface area contributed by atoms with E-state index in [1.165, 1.54) is 0 Å². The van der Waals surface area contributed by atoms with Crippen LogP contribution in [0, 0.1) is 0 Å². The molecule has 0 aromatic carbocycles. The summed E-state index contributed by atoms with van der Waals surface area (Å²) in [6.45, 7) is 0.725. The number of carbonyl (C=O) groups is 1. The van der Waals surface area contributed by atoms with Crippen LogP contribution in [0.15, 0.2) is 22.8 Å². The van der Waals surface area contributed by atoms with Crippen LogP contribution in [-0.2, 0) is 0 Å². The monoisotopic (exact) mass is 312 g/mol.